The fourth-order valence-electron chi connectivity index (χ4n) is 3.62. The van der Waals surface area contributed by atoms with Gasteiger partial charge in [0.1, 0.15) is 0 Å². The van der Waals surface area contributed by atoms with Gasteiger partial charge in [0.15, 0.2) is 5.69 Å². The normalized spacial score (nSPS) is 21.0. The Morgan fingerprint density at radius 3 is 2.70 bits per heavy atom. The number of rotatable bonds is 7. The first-order valence-electron chi connectivity index (χ1n) is 10.1. The number of carbonyl (C=O) groups is 1. The average molecular weight is 371 g/mol. The van der Waals surface area contributed by atoms with Crippen molar-refractivity contribution >= 4 is 5.91 Å². The van der Waals surface area contributed by atoms with E-state index in [2.05, 4.69) is 60.7 Å². The number of aromatic nitrogens is 3. The molecule has 1 aliphatic heterocycles. The summed E-state index contributed by atoms with van der Waals surface area (Å²) in [5, 5.41) is 11.2. The lowest BCUT2D eigenvalue weighted by Crippen LogP contribution is -3.13. The first-order valence-corrected chi connectivity index (χ1v) is 10.1. The Kier molecular flexibility index (Phi) is 6.61. The summed E-state index contributed by atoms with van der Waals surface area (Å²) in [6.45, 7) is 10.8. The predicted octanol–water partition coefficient (Wildman–Crippen LogP) is 1.63. The molecule has 2 aromatic rings. The van der Waals surface area contributed by atoms with Gasteiger partial charge in [-0.05, 0) is 38.2 Å². The van der Waals surface area contributed by atoms with Gasteiger partial charge in [0.2, 0.25) is 0 Å². The van der Waals surface area contributed by atoms with Crippen LogP contribution in [0.25, 0.3) is 0 Å². The Bertz CT molecular complexity index is 731. The van der Waals surface area contributed by atoms with Gasteiger partial charge < -0.3 is 10.2 Å². The van der Waals surface area contributed by atoms with E-state index in [-0.39, 0.29) is 11.9 Å². The largest absolute Gasteiger partial charge is 0.350 e. The lowest BCUT2D eigenvalue weighted by molar-refractivity contribution is -0.906. The van der Waals surface area contributed by atoms with Gasteiger partial charge in [-0.2, -0.15) is 0 Å². The molecule has 0 unspecified atom stereocenters. The minimum absolute atomic E-state index is 0.0461. The van der Waals surface area contributed by atoms with Gasteiger partial charge >= 0.3 is 0 Å². The van der Waals surface area contributed by atoms with Crippen LogP contribution in [0, 0.1) is 12.8 Å². The molecule has 6 nitrogen and oxygen atoms in total. The maximum atomic E-state index is 12.3. The van der Waals surface area contributed by atoms with E-state index in [0.29, 0.717) is 12.2 Å². The van der Waals surface area contributed by atoms with E-state index in [9.17, 15) is 4.79 Å². The number of hydrogen-bond donors (Lipinski definition) is 2. The molecule has 0 spiro atoms. The molecule has 0 bridgehead atoms. The van der Waals surface area contributed by atoms with Crippen molar-refractivity contribution in [1.29, 1.82) is 0 Å². The number of nitrogens with zero attached hydrogens (tertiary/aromatic N) is 3. The Morgan fingerprint density at radius 1 is 1.30 bits per heavy atom. The molecule has 1 fully saturated rings. The lowest BCUT2D eigenvalue weighted by atomic mass is 9.99. The van der Waals surface area contributed by atoms with Crippen LogP contribution in [0.4, 0.5) is 0 Å². The van der Waals surface area contributed by atoms with Crippen molar-refractivity contribution in [3.8, 4) is 0 Å². The number of piperidine rings is 1. The smallest absolute Gasteiger partial charge is 0.273 e. The number of aryl methyl sites for hydroxylation is 1. The third kappa shape index (κ3) is 5.39. The van der Waals surface area contributed by atoms with Crippen LogP contribution in [0.5, 0.6) is 0 Å². The maximum Gasteiger partial charge on any atom is 0.273 e. The molecule has 1 atom stereocenters. The third-order valence-electron chi connectivity index (χ3n) is 5.67. The summed E-state index contributed by atoms with van der Waals surface area (Å²) in [6, 6.07) is 8.39. The van der Waals surface area contributed by atoms with Crippen LogP contribution in [0.2, 0.25) is 0 Å². The lowest BCUT2D eigenvalue weighted by Gasteiger charge is -2.27. The molecule has 27 heavy (non-hydrogen) atoms. The van der Waals surface area contributed by atoms with E-state index >= 15 is 0 Å². The molecule has 0 saturated carbocycles. The fourth-order valence-corrected chi connectivity index (χ4v) is 3.62. The van der Waals surface area contributed by atoms with Gasteiger partial charge in [-0.3, -0.25) is 4.79 Å². The van der Waals surface area contributed by atoms with E-state index in [4.69, 9.17) is 0 Å². The molecular formula is C21H32N5O+. The molecule has 1 amide bonds. The number of hydrogen-bond acceptors (Lipinski definition) is 3. The number of quaternary nitrogens is 1. The molecule has 146 valence electrons. The Hall–Kier alpha value is -2.21. The van der Waals surface area contributed by atoms with E-state index < -0.39 is 0 Å². The van der Waals surface area contributed by atoms with Crippen LogP contribution < -0.4 is 10.2 Å². The molecule has 1 aromatic heterocycles. The maximum absolute atomic E-state index is 12.3. The van der Waals surface area contributed by atoms with Gasteiger partial charge in [-0.1, -0.05) is 42.0 Å². The number of benzene rings is 1. The molecule has 0 radical (unpaired) electrons. The Balaban J connectivity index is 1.44. The molecule has 3 rings (SSSR count). The van der Waals surface area contributed by atoms with Crippen molar-refractivity contribution < 1.29 is 9.69 Å². The first kappa shape index (κ1) is 19.5. The van der Waals surface area contributed by atoms with Crippen molar-refractivity contribution in [3.05, 3.63) is 47.3 Å². The van der Waals surface area contributed by atoms with Gasteiger partial charge in [-0.15, -0.1) is 5.10 Å². The molecule has 1 aromatic carbocycles. The second kappa shape index (κ2) is 9.13. The standard InChI is InChI=1S/C21H31N5O/c1-16-5-7-19(8-6-16)18(3)26-15-20(23-24-26)21(27)22-11-4-12-25-13-9-17(2)10-14-25/h5-8,15,17-18H,4,9-14H2,1-3H3,(H,22,27)/p+1/t18-/m1/s1. The minimum Gasteiger partial charge on any atom is -0.350 e. The molecule has 0 aliphatic carbocycles. The van der Waals surface area contributed by atoms with E-state index in [1.54, 1.807) is 15.8 Å². The Labute approximate surface area is 161 Å². The molecule has 1 aliphatic rings. The van der Waals surface area contributed by atoms with E-state index in [1.807, 2.05) is 0 Å². The number of carbonyl (C=O) groups excluding carboxylic acids is 1. The SMILES string of the molecule is Cc1ccc([C@@H](C)n2cc(C(=O)NCCC[NH+]3CCC(C)CC3)nn2)cc1. The first-order chi connectivity index (χ1) is 13.0. The monoisotopic (exact) mass is 370 g/mol. The third-order valence-corrected chi connectivity index (χ3v) is 5.67. The molecule has 6 heteroatoms. The van der Waals surface area contributed by atoms with E-state index in [0.717, 1.165) is 24.4 Å². The molecular weight excluding hydrogens is 338 g/mol. The van der Waals surface area contributed by atoms with Gasteiger partial charge in [-0.25, -0.2) is 4.68 Å². The molecule has 1 saturated heterocycles. The summed E-state index contributed by atoms with van der Waals surface area (Å²) in [5.74, 6) is 0.734. The molecule has 2 N–H and O–H groups in total. The number of likely N-dealkylation sites (tertiary alicyclic amines) is 1. The topological polar surface area (TPSA) is 64.2 Å². The second-order valence-electron chi connectivity index (χ2n) is 7.96. The highest BCUT2D eigenvalue weighted by Crippen LogP contribution is 2.17. The van der Waals surface area contributed by atoms with Gasteiger partial charge in [0.25, 0.3) is 5.91 Å². The summed E-state index contributed by atoms with van der Waals surface area (Å²) in [7, 11) is 0. The summed E-state index contributed by atoms with van der Waals surface area (Å²) in [6.07, 6.45) is 5.38. The molecule has 2 heterocycles. The zero-order valence-electron chi connectivity index (χ0n) is 16.7. The van der Waals surface area contributed by atoms with Crippen molar-refractivity contribution in [2.45, 2.75) is 46.1 Å². The van der Waals surface area contributed by atoms with Crippen LogP contribution in [0.3, 0.4) is 0 Å². The number of nitrogens with one attached hydrogen (secondary N) is 2. The van der Waals surface area contributed by atoms with Crippen molar-refractivity contribution in [2.24, 2.45) is 5.92 Å². The fraction of sp³-hybridized carbons (Fsp3) is 0.571. The van der Waals surface area contributed by atoms with Crippen LogP contribution in [-0.2, 0) is 0 Å². The summed E-state index contributed by atoms with van der Waals surface area (Å²) >= 11 is 0. The van der Waals surface area contributed by atoms with Crippen molar-refractivity contribution in [2.75, 3.05) is 26.2 Å². The summed E-state index contributed by atoms with van der Waals surface area (Å²) < 4.78 is 1.75. The highest BCUT2D eigenvalue weighted by atomic mass is 16.2. The Morgan fingerprint density at radius 2 is 2.00 bits per heavy atom. The quantitative estimate of drug-likeness (QED) is 0.728. The minimum atomic E-state index is -0.139. The second-order valence-corrected chi connectivity index (χ2v) is 7.96. The highest BCUT2D eigenvalue weighted by Gasteiger charge is 2.18. The van der Waals surface area contributed by atoms with Crippen LogP contribution >= 0.6 is 0 Å². The summed E-state index contributed by atoms with van der Waals surface area (Å²) in [4.78, 5) is 14.0. The van der Waals surface area contributed by atoms with Gasteiger partial charge in [0, 0.05) is 13.0 Å². The van der Waals surface area contributed by atoms with Crippen LogP contribution in [0.15, 0.2) is 30.5 Å². The van der Waals surface area contributed by atoms with Crippen molar-refractivity contribution in [1.82, 2.24) is 20.3 Å². The predicted molar refractivity (Wildman–Crippen MR) is 106 cm³/mol. The van der Waals surface area contributed by atoms with E-state index in [1.165, 1.54) is 31.5 Å². The van der Waals surface area contributed by atoms with Crippen LogP contribution in [0.1, 0.15) is 60.8 Å². The zero-order valence-corrected chi connectivity index (χ0v) is 16.7. The zero-order chi connectivity index (χ0) is 19.2. The average Bonchev–Trinajstić information content (AvgIpc) is 3.17. The van der Waals surface area contributed by atoms with Gasteiger partial charge in [0.05, 0.1) is 31.9 Å². The summed E-state index contributed by atoms with van der Waals surface area (Å²) in [5.41, 5.74) is 2.76. The highest BCUT2D eigenvalue weighted by molar-refractivity contribution is 5.91. The number of amides is 1. The van der Waals surface area contributed by atoms with Crippen molar-refractivity contribution in [3.63, 3.8) is 0 Å². The van der Waals surface area contributed by atoms with Crippen LogP contribution in [-0.4, -0.2) is 47.1 Å².